The fourth-order valence-corrected chi connectivity index (χ4v) is 4.71. The molecule has 4 heteroatoms. The Morgan fingerprint density at radius 1 is 1.33 bits per heavy atom. The molecule has 3 fully saturated rings. The molecule has 1 saturated heterocycles. The number of nitrogens with zero attached hydrogens (tertiary/aromatic N) is 1. The van der Waals surface area contributed by atoms with Gasteiger partial charge in [0.05, 0.1) is 6.54 Å². The highest BCUT2D eigenvalue weighted by atomic mass is 16.2. The molecule has 3 rings (SSSR count). The van der Waals surface area contributed by atoms with Crippen LogP contribution in [0, 0.1) is 17.8 Å². The standard InChI is InChI=1S/C17H31N3O/c1-3-6-20(15-9-18-10-15)11-17(21)19-12(2)16-8-13-4-5-14(16)7-13/h12-16,18H,3-11H2,1-2H3,(H,19,21). The van der Waals surface area contributed by atoms with Gasteiger partial charge in [-0.3, -0.25) is 9.69 Å². The lowest BCUT2D eigenvalue weighted by Gasteiger charge is -2.38. The Morgan fingerprint density at radius 3 is 2.67 bits per heavy atom. The lowest BCUT2D eigenvalue weighted by molar-refractivity contribution is -0.124. The van der Waals surface area contributed by atoms with Crippen molar-refractivity contribution in [2.45, 2.75) is 58.0 Å². The molecule has 1 amide bonds. The summed E-state index contributed by atoms with van der Waals surface area (Å²) in [5.74, 6) is 2.80. The van der Waals surface area contributed by atoms with Crippen molar-refractivity contribution in [3.8, 4) is 0 Å². The van der Waals surface area contributed by atoms with Crippen molar-refractivity contribution in [3.63, 3.8) is 0 Å². The lowest BCUT2D eigenvalue weighted by Crippen LogP contribution is -2.59. The van der Waals surface area contributed by atoms with Crippen molar-refractivity contribution in [3.05, 3.63) is 0 Å². The number of fused-ring (bicyclic) bond motifs is 2. The van der Waals surface area contributed by atoms with Crippen molar-refractivity contribution in [1.29, 1.82) is 0 Å². The van der Waals surface area contributed by atoms with Crippen LogP contribution in [0.3, 0.4) is 0 Å². The predicted octanol–water partition coefficient (Wildman–Crippen LogP) is 1.61. The van der Waals surface area contributed by atoms with Crippen molar-refractivity contribution < 1.29 is 4.79 Å². The average Bonchev–Trinajstić information content (AvgIpc) is 2.98. The van der Waals surface area contributed by atoms with E-state index in [0.29, 0.717) is 18.6 Å². The maximum absolute atomic E-state index is 12.4. The van der Waals surface area contributed by atoms with Gasteiger partial charge in [0.1, 0.15) is 0 Å². The van der Waals surface area contributed by atoms with Crippen molar-refractivity contribution in [2.75, 3.05) is 26.2 Å². The molecule has 2 bridgehead atoms. The Morgan fingerprint density at radius 2 is 2.14 bits per heavy atom. The van der Waals surface area contributed by atoms with Gasteiger partial charge in [0.15, 0.2) is 0 Å². The van der Waals surface area contributed by atoms with E-state index in [9.17, 15) is 4.79 Å². The van der Waals surface area contributed by atoms with Gasteiger partial charge in [-0.1, -0.05) is 13.3 Å². The van der Waals surface area contributed by atoms with E-state index in [4.69, 9.17) is 0 Å². The SMILES string of the molecule is CCCN(CC(=O)NC(C)C1CC2CCC1C2)C1CNC1. The van der Waals surface area contributed by atoms with Crippen molar-refractivity contribution >= 4 is 5.91 Å². The Balaban J connectivity index is 1.46. The van der Waals surface area contributed by atoms with E-state index in [-0.39, 0.29) is 5.91 Å². The molecule has 1 heterocycles. The Labute approximate surface area is 129 Å². The van der Waals surface area contributed by atoms with E-state index in [1.807, 2.05) is 0 Å². The summed E-state index contributed by atoms with van der Waals surface area (Å²) in [5.41, 5.74) is 0. The largest absolute Gasteiger partial charge is 0.352 e. The summed E-state index contributed by atoms with van der Waals surface area (Å²) in [7, 11) is 0. The molecule has 0 aromatic rings. The number of hydrogen-bond acceptors (Lipinski definition) is 3. The zero-order chi connectivity index (χ0) is 14.8. The molecular weight excluding hydrogens is 262 g/mol. The average molecular weight is 293 g/mol. The highest BCUT2D eigenvalue weighted by Crippen LogP contribution is 2.49. The smallest absolute Gasteiger partial charge is 0.234 e. The van der Waals surface area contributed by atoms with Gasteiger partial charge in [-0.15, -0.1) is 0 Å². The van der Waals surface area contributed by atoms with Crippen LogP contribution in [-0.4, -0.2) is 49.1 Å². The summed E-state index contributed by atoms with van der Waals surface area (Å²) < 4.78 is 0. The van der Waals surface area contributed by atoms with Crippen LogP contribution < -0.4 is 10.6 Å². The van der Waals surface area contributed by atoms with Crippen LogP contribution >= 0.6 is 0 Å². The van der Waals surface area contributed by atoms with Crippen molar-refractivity contribution in [1.82, 2.24) is 15.5 Å². The minimum atomic E-state index is 0.227. The van der Waals surface area contributed by atoms with Crippen molar-refractivity contribution in [2.24, 2.45) is 17.8 Å². The van der Waals surface area contributed by atoms with Gasteiger partial charge in [-0.2, -0.15) is 0 Å². The monoisotopic (exact) mass is 293 g/mol. The third-order valence-corrected chi connectivity index (χ3v) is 5.96. The Kier molecular flexibility index (Phi) is 4.85. The topological polar surface area (TPSA) is 44.4 Å². The number of amides is 1. The van der Waals surface area contributed by atoms with E-state index in [1.165, 1.54) is 25.7 Å². The minimum Gasteiger partial charge on any atom is -0.352 e. The third-order valence-electron chi connectivity index (χ3n) is 5.96. The van der Waals surface area contributed by atoms with E-state index in [2.05, 4.69) is 29.4 Å². The molecule has 2 N–H and O–H groups in total. The molecule has 2 aliphatic carbocycles. The molecule has 0 aromatic carbocycles. The molecule has 4 unspecified atom stereocenters. The Hall–Kier alpha value is -0.610. The van der Waals surface area contributed by atoms with Crippen LogP contribution in [0.2, 0.25) is 0 Å². The number of hydrogen-bond donors (Lipinski definition) is 2. The molecule has 21 heavy (non-hydrogen) atoms. The van der Waals surface area contributed by atoms with Crippen LogP contribution in [0.25, 0.3) is 0 Å². The van der Waals surface area contributed by atoms with Crippen LogP contribution in [0.1, 0.15) is 46.0 Å². The number of carbonyl (C=O) groups excluding carboxylic acids is 1. The van der Waals surface area contributed by atoms with Gasteiger partial charge in [0.25, 0.3) is 0 Å². The summed E-state index contributed by atoms with van der Waals surface area (Å²) in [6, 6.07) is 0.921. The quantitative estimate of drug-likeness (QED) is 0.749. The molecule has 2 saturated carbocycles. The zero-order valence-corrected chi connectivity index (χ0v) is 13.6. The van der Waals surface area contributed by atoms with Gasteiger partial charge < -0.3 is 10.6 Å². The summed E-state index contributed by atoms with van der Waals surface area (Å²) in [4.78, 5) is 14.7. The second-order valence-electron chi connectivity index (χ2n) is 7.48. The fourth-order valence-electron chi connectivity index (χ4n) is 4.71. The highest BCUT2D eigenvalue weighted by Gasteiger charge is 2.42. The normalized spacial score (nSPS) is 33.2. The molecular formula is C17H31N3O. The van der Waals surface area contributed by atoms with Gasteiger partial charge in [-0.25, -0.2) is 0 Å². The molecule has 4 atom stereocenters. The molecule has 1 aliphatic heterocycles. The lowest BCUT2D eigenvalue weighted by atomic mass is 9.84. The third kappa shape index (κ3) is 3.42. The second kappa shape index (κ2) is 6.66. The maximum atomic E-state index is 12.4. The highest BCUT2D eigenvalue weighted by molar-refractivity contribution is 5.78. The molecule has 120 valence electrons. The van der Waals surface area contributed by atoms with Gasteiger partial charge in [-0.05, 0) is 56.9 Å². The molecule has 0 radical (unpaired) electrons. The first kappa shape index (κ1) is 15.3. The fraction of sp³-hybridized carbons (Fsp3) is 0.941. The number of carbonyl (C=O) groups is 1. The van der Waals surface area contributed by atoms with Crippen LogP contribution in [-0.2, 0) is 4.79 Å². The van der Waals surface area contributed by atoms with E-state index in [0.717, 1.165) is 43.8 Å². The Bertz CT molecular complexity index is 369. The predicted molar refractivity (Wildman–Crippen MR) is 85.1 cm³/mol. The van der Waals surface area contributed by atoms with Gasteiger partial charge >= 0.3 is 0 Å². The van der Waals surface area contributed by atoms with E-state index in [1.54, 1.807) is 0 Å². The van der Waals surface area contributed by atoms with Gasteiger partial charge in [0, 0.05) is 25.2 Å². The first-order valence-electron chi connectivity index (χ1n) is 8.91. The summed E-state index contributed by atoms with van der Waals surface area (Å²) >= 11 is 0. The first-order chi connectivity index (χ1) is 10.2. The number of nitrogens with one attached hydrogen (secondary N) is 2. The van der Waals surface area contributed by atoms with Gasteiger partial charge in [0.2, 0.25) is 5.91 Å². The molecule has 0 spiro atoms. The molecule has 3 aliphatic rings. The summed E-state index contributed by atoms with van der Waals surface area (Å²) in [5, 5.41) is 6.60. The van der Waals surface area contributed by atoms with E-state index >= 15 is 0 Å². The van der Waals surface area contributed by atoms with Crippen LogP contribution in [0.5, 0.6) is 0 Å². The zero-order valence-electron chi connectivity index (χ0n) is 13.6. The summed E-state index contributed by atoms with van der Waals surface area (Å²) in [6.45, 7) is 8.09. The maximum Gasteiger partial charge on any atom is 0.234 e. The van der Waals surface area contributed by atoms with E-state index < -0.39 is 0 Å². The molecule has 4 nitrogen and oxygen atoms in total. The number of rotatable bonds is 7. The minimum absolute atomic E-state index is 0.227. The van der Waals surface area contributed by atoms with Crippen LogP contribution in [0.4, 0.5) is 0 Å². The second-order valence-corrected chi connectivity index (χ2v) is 7.48. The molecule has 0 aromatic heterocycles. The van der Waals surface area contributed by atoms with Crippen LogP contribution in [0.15, 0.2) is 0 Å². The summed E-state index contributed by atoms with van der Waals surface area (Å²) in [6.07, 6.45) is 6.70. The first-order valence-corrected chi connectivity index (χ1v) is 8.91.